The minimum absolute atomic E-state index is 0.0139. The quantitative estimate of drug-likeness (QED) is 0.184. The first-order valence-electron chi connectivity index (χ1n) is 13.3. The lowest BCUT2D eigenvalue weighted by atomic mass is 9.67. The van der Waals surface area contributed by atoms with Crippen LogP contribution in [0.15, 0.2) is 65.2 Å². The maximum atomic E-state index is 14.1. The molecule has 1 aliphatic heterocycles. The molecule has 1 heterocycles. The Kier molecular flexibility index (Phi) is 9.16. The third-order valence-corrected chi connectivity index (χ3v) is 8.67. The van der Waals surface area contributed by atoms with Gasteiger partial charge in [0.05, 0.1) is 6.04 Å². The van der Waals surface area contributed by atoms with Crippen molar-refractivity contribution in [2.75, 3.05) is 0 Å². The SMILES string of the molecule is C=C/C(C=O)=C\C=C(/C)C(CCC)N1C(=O)C(c2ccc(Cl)cc2)=NC12CCC(C(C)(C)CC)CC2. The summed E-state index contributed by atoms with van der Waals surface area (Å²) in [4.78, 5) is 32.7. The summed E-state index contributed by atoms with van der Waals surface area (Å²) in [5, 5.41) is 0.640. The summed E-state index contributed by atoms with van der Waals surface area (Å²) in [6.45, 7) is 14.9. The van der Waals surface area contributed by atoms with E-state index < -0.39 is 5.66 Å². The minimum atomic E-state index is -0.545. The maximum absolute atomic E-state index is 14.1. The summed E-state index contributed by atoms with van der Waals surface area (Å²) in [6.07, 6.45) is 12.8. The first kappa shape index (κ1) is 28.1. The average molecular weight is 509 g/mol. The smallest absolute Gasteiger partial charge is 0.275 e. The molecule has 5 heteroatoms. The van der Waals surface area contributed by atoms with Crippen molar-refractivity contribution in [2.45, 2.75) is 91.3 Å². The number of halogens is 1. The molecule has 1 atom stereocenters. The zero-order chi connectivity index (χ0) is 26.5. The predicted molar refractivity (Wildman–Crippen MR) is 150 cm³/mol. The van der Waals surface area contributed by atoms with E-state index in [4.69, 9.17) is 16.6 Å². The van der Waals surface area contributed by atoms with Gasteiger partial charge in [0.25, 0.3) is 5.91 Å². The molecular formula is C31H41ClN2O2. The number of rotatable bonds is 10. The molecule has 0 radical (unpaired) electrons. The van der Waals surface area contributed by atoms with Crippen LogP contribution in [0.5, 0.6) is 0 Å². The van der Waals surface area contributed by atoms with E-state index in [2.05, 4.69) is 46.1 Å². The second-order valence-corrected chi connectivity index (χ2v) is 11.4. The highest BCUT2D eigenvalue weighted by Crippen LogP contribution is 2.49. The third-order valence-electron chi connectivity index (χ3n) is 8.42. The van der Waals surface area contributed by atoms with Gasteiger partial charge in [0, 0.05) is 16.2 Å². The first-order valence-corrected chi connectivity index (χ1v) is 13.7. The van der Waals surface area contributed by atoms with Crippen LogP contribution in [0.4, 0.5) is 0 Å². The van der Waals surface area contributed by atoms with Gasteiger partial charge in [-0.2, -0.15) is 0 Å². The van der Waals surface area contributed by atoms with Gasteiger partial charge in [0.15, 0.2) is 0 Å². The molecule has 2 aliphatic rings. The Hall–Kier alpha value is -2.46. The van der Waals surface area contributed by atoms with Gasteiger partial charge in [-0.15, -0.1) is 0 Å². The monoisotopic (exact) mass is 508 g/mol. The molecule has 1 fully saturated rings. The highest BCUT2D eigenvalue weighted by atomic mass is 35.5. The van der Waals surface area contributed by atoms with Crippen LogP contribution >= 0.6 is 11.6 Å². The van der Waals surface area contributed by atoms with Gasteiger partial charge >= 0.3 is 0 Å². The second-order valence-electron chi connectivity index (χ2n) is 10.9. The molecule has 0 aromatic heterocycles. The van der Waals surface area contributed by atoms with Crippen LogP contribution < -0.4 is 0 Å². The number of allylic oxidation sites excluding steroid dienone is 4. The lowest BCUT2D eigenvalue weighted by Crippen LogP contribution is -2.55. The van der Waals surface area contributed by atoms with E-state index in [1.165, 1.54) is 0 Å². The number of carbonyl (C=O) groups excluding carboxylic acids is 2. The Morgan fingerprint density at radius 1 is 1.22 bits per heavy atom. The van der Waals surface area contributed by atoms with Gasteiger partial charge in [0.2, 0.25) is 0 Å². The Morgan fingerprint density at radius 3 is 2.39 bits per heavy atom. The van der Waals surface area contributed by atoms with Crippen LogP contribution in [0.3, 0.4) is 0 Å². The molecule has 0 N–H and O–H groups in total. The van der Waals surface area contributed by atoms with Crippen molar-refractivity contribution in [3.63, 3.8) is 0 Å². The molecule has 194 valence electrons. The topological polar surface area (TPSA) is 49.7 Å². The Morgan fingerprint density at radius 2 is 1.86 bits per heavy atom. The lowest BCUT2D eigenvalue weighted by Gasteiger charge is -2.48. The number of carbonyl (C=O) groups is 2. The van der Waals surface area contributed by atoms with E-state index in [0.717, 1.165) is 62.4 Å². The summed E-state index contributed by atoms with van der Waals surface area (Å²) in [6, 6.07) is 7.32. The summed E-state index contributed by atoms with van der Waals surface area (Å²) >= 11 is 6.14. The van der Waals surface area contributed by atoms with Crippen molar-refractivity contribution in [1.82, 2.24) is 4.90 Å². The van der Waals surface area contributed by atoms with Crippen LogP contribution in [0.2, 0.25) is 5.02 Å². The molecule has 4 nitrogen and oxygen atoms in total. The van der Waals surface area contributed by atoms with Crippen LogP contribution in [0.1, 0.15) is 85.1 Å². The maximum Gasteiger partial charge on any atom is 0.275 e. The van der Waals surface area contributed by atoms with Gasteiger partial charge in [-0.3, -0.25) is 14.6 Å². The van der Waals surface area contributed by atoms with Crippen LogP contribution in [0, 0.1) is 11.3 Å². The highest BCUT2D eigenvalue weighted by molar-refractivity contribution is 6.47. The Bertz CT molecular complexity index is 1050. The van der Waals surface area contributed by atoms with E-state index >= 15 is 0 Å². The van der Waals surface area contributed by atoms with E-state index in [0.29, 0.717) is 22.2 Å². The summed E-state index contributed by atoms with van der Waals surface area (Å²) in [7, 11) is 0. The molecule has 0 saturated heterocycles. The minimum Gasteiger partial charge on any atom is -0.306 e. The van der Waals surface area contributed by atoms with E-state index in [9.17, 15) is 9.59 Å². The van der Waals surface area contributed by atoms with Gasteiger partial charge in [0.1, 0.15) is 17.7 Å². The van der Waals surface area contributed by atoms with Crippen LogP contribution in [-0.2, 0) is 9.59 Å². The number of amides is 1. The number of hydrogen-bond acceptors (Lipinski definition) is 3. The molecule has 1 unspecified atom stereocenters. The zero-order valence-corrected chi connectivity index (χ0v) is 23.3. The highest BCUT2D eigenvalue weighted by Gasteiger charge is 2.52. The van der Waals surface area contributed by atoms with Crippen LogP contribution in [-0.4, -0.2) is 34.5 Å². The standard InChI is InChI=1S/C31H41ClN2O2/c1-7-10-27(22(4)11-12-23(8-2)21-35)34-29(36)28(24-13-15-26(32)16-14-24)33-31(34)19-17-25(18-20-31)30(5,6)9-3/h8,11-16,21,25,27H,2,7,9-10,17-20H2,1,3-6H3/b22-11+,23-12+. The molecule has 1 aliphatic carbocycles. The molecule has 3 rings (SSSR count). The Balaban J connectivity index is 2.06. The molecular weight excluding hydrogens is 468 g/mol. The fourth-order valence-corrected chi connectivity index (χ4v) is 5.80. The number of aliphatic imine (C=N–C) groups is 1. The van der Waals surface area contributed by atoms with Gasteiger partial charge in [-0.1, -0.05) is 94.7 Å². The first-order chi connectivity index (χ1) is 17.1. The van der Waals surface area contributed by atoms with E-state index in [1.54, 1.807) is 12.2 Å². The third kappa shape index (κ3) is 5.75. The largest absolute Gasteiger partial charge is 0.306 e. The average Bonchev–Trinajstić information content (AvgIpc) is 3.14. The number of hydrogen-bond donors (Lipinski definition) is 0. The van der Waals surface area contributed by atoms with Crippen molar-refractivity contribution < 1.29 is 9.59 Å². The summed E-state index contributed by atoms with van der Waals surface area (Å²) in [5.41, 5.74) is 2.65. The molecule has 36 heavy (non-hydrogen) atoms. The van der Waals surface area contributed by atoms with E-state index in [1.807, 2.05) is 30.3 Å². The van der Waals surface area contributed by atoms with E-state index in [-0.39, 0.29) is 17.4 Å². The Labute approximate surface area is 222 Å². The van der Waals surface area contributed by atoms with Crippen molar-refractivity contribution in [1.29, 1.82) is 0 Å². The fraction of sp³-hybridized carbons (Fsp3) is 0.516. The molecule has 0 bridgehead atoms. The molecule has 1 saturated carbocycles. The van der Waals surface area contributed by atoms with Gasteiger partial charge in [-0.25, -0.2) is 0 Å². The molecule has 1 spiro atoms. The van der Waals surface area contributed by atoms with Crippen molar-refractivity contribution >= 4 is 29.5 Å². The molecule has 1 aromatic rings. The van der Waals surface area contributed by atoms with Crippen molar-refractivity contribution in [3.8, 4) is 0 Å². The predicted octanol–water partition coefficient (Wildman–Crippen LogP) is 7.72. The van der Waals surface area contributed by atoms with Gasteiger partial charge < -0.3 is 4.90 Å². The lowest BCUT2D eigenvalue weighted by molar-refractivity contribution is -0.132. The number of benzene rings is 1. The van der Waals surface area contributed by atoms with Crippen molar-refractivity contribution in [2.24, 2.45) is 16.3 Å². The van der Waals surface area contributed by atoms with Crippen LogP contribution in [0.25, 0.3) is 0 Å². The number of nitrogens with zero attached hydrogens (tertiary/aromatic N) is 2. The number of aldehydes is 1. The fourth-order valence-electron chi connectivity index (χ4n) is 5.67. The summed E-state index contributed by atoms with van der Waals surface area (Å²) in [5.74, 6) is 0.604. The summed E-state index contributed by atoms with van der Waals surface area (Å²) < 4.78 is 0. The molecule has 1 amide bonds. The normalized spacial score (nSPS) is 24.2. The zero-order valence-electron chi connectivity index (χ0n) is 22.5. The van der Waals surface area contributed by atoms with Gasteiger partial charge in [-0.05, 0) is 62.5 Å². The molecule has 1 aromatic carbocycles. The van der Waals surface area contributed by atoms with Crippen molar-refractivity contribution in [3.05, 3.63) is 70.8 Å². The second kappa shape index (κ2) is 11.7.